The summed E-state index contributed by atoms with van der Waals surface area (Å²) in [6, 6.07) is -1.36. The van der Waals surface area contributed by atoms with Gasteiger partial charge in [-0.2, -0.15) is 0 Å². The molecule has 2 heterocycles. The highest BCUT2D eigenvalue weighted by Crippen LogP contribution is 2.37. The number of hydrogen-bond acceptors (Lipinski definition) is 9. The Bertz CT molecular complexity index is 758. The number of aromatic nitrogens is 3. The number of esters is 1. The van der Waals surface area contributed by atoms with Crippen LogP contribution >= 0.6 is 11.8 Å². The monoisotopic (exact) mass is 369 g/mol. The van der Waals surface area contributed by atoms with Crippen molar-refractivity contribution in [3.8, 4) is 0 Å². The molecular weight excluding hydrogens is 354 g/mol. The summed E-state index contributed by atoms with van der Waals surface area (Å²) in [7, 11) is 1.64. The van der Waals surface area contributed by atoms with Crippen molar-refractivity contribution < 1.29 is 29.3 Å². The van der Waals surface area contributed by atoms with E-state index in [1.165, 1.54) is 16.3 Å². The number of carboxylic acid groups (broad SMARTS) is 2. The zero-order valence-corrected chi connectivity index (χ0v) is 13.8. The molecule has 0 aromatic carbocycles. The van der Waals surface area contributed by atoms with Crippen molar-refractivity contribution in [2.45, 2.75) is 11.3 Å². The second kappa shape index (κ2) is 7.81. The fourth-order valence-corrected chi connectivity index (χ4v) is 2.79. The number of rotatable bonds is 6. The van der Waals surface area contributed by atoms with Crippen LogP contribution in [0.1, 0.15) is 10.9 Å². The third-order valence-corrected chi connectivity index (χ3v) is 4.19. The molecule has 1 aromatic heterocycles. The smallest absolute Gasteiger partial charge is 0.352 e. The first-order valence-electron chi connectivity index (χ1n) is 6.87. The van der Waals surface area contributed by atoms with Crippen LogP contribution in [-0.2, 0) is 26.2 Å². The van der Waals surface area contributed by atoms with Crippen LogP contribution in [-0.4, -0.2) is 55.8 Å². The minimum Gasteiger partial charge on any atom is -0.480 e. The summed E-state index contributed by atoms with van der Waals surface area (Å²) in [4.78, 5) is 34.2. The second-order valence-corrected chi connectivity index (χ2v) is 5.94. The summed E-state index contributed by atoms with van der Waals surface area (Å²) in [6.45, 7) is -0.525. The van der Waals surface area contributed by atoms with E-state index in [0.717, 1.165) is 11.8 Å². The van der Waals surface area contributed by atoms with E-state index in [2.05, 4.69) is 15.6 Å². The summed E-state index contributed by atoms with van der Waals surface area (Å²) >= 11 is 1.03. The second-order valence-electron chi connectivity index (χ2n) is 4.96. The number of nitrogens with zero attached hydrogens (tertiary/aromatic N) is 3. The molecule has 0 aliphatic carbocycles. The van der Waals surface area contributed by atoms with Crippen LogP contribution in [0.3, 0.4) is 0 Å². The third kappa shape index (κ3) is 4.58. The van der Waals surface area contributed by atoms with Gasteiger partial charge in [-0.1, -0.05) is 5.21 Å². The Morgan fingerprint density at radius 1 is 1.48 bits per heavy atom. The van der Waals surface area contributed by atoms with Crippen molar-refractivity contribution in [1.29, 1.82) is 0 Å². The van der Waals surface area contributed by atoms with Gasteiger partial charge in [0.25, 0.3) is 0 Å². The number of ether oxygens (including phenoxy) is 1. The van der Waals surface area contributed by atoms with Gasteiger partial charge in [-0.25, -0.2) is 9.59 Å². The van der Waals surface area contributed by atoms with E-state index in [4.69, 9.17) is 20.7 Å². The number of aliphatic carboxylic acids is 2. The Labute approximate surface area is 145 Å². The molecule has 25 heavy (non-hydrogen) atoms. The number of thioether (sulfide) groups is 1. The highest BCUT2D eigenvalue weighted by atomic mass is 32.2. The van der Waals surface area contributed by atoms with E-state index < -0.39 is 35.8 Å². The van der Waals surface area contributed by atoms with Gasteiger partial charge < -0.3 is 26.0 Å². The Morgan fingerprint density at radius 2 is 2.20 bits per heavy atom. The molecule has 0 saturated heterocycles. The molecule has 2 rings (SSSR count). The zero-order chi connectivity index (χ0) is 18.6. The minimum atomic E-state index is -1.36. The normalized spacial score (nSPS) is 18.2. The first-order valence-corrected chi connectivity index (χ1v) is 7.81. The lowest BCUT2D eigenvalue weighted by Crippen LogP contribution is -2.36. The molecule has 0 radical (unpaired) electrons. The van der Waals surface area contributed by atoms with E-state index in [-0.39, 0.29) is 11.3 Å². The van der Waals surface area contributed by atoms with Gasteiger partial charge in [0.1, 0.15) is 24.0 Å². The summed E-state index contributed by atoms with van der Waals surface area (Å²) in [6.07, 6.45) is 2.76. The molecule has 0 saturated carbocycles. The van der Waals surface area contributed by atoms with Gasteiger partial charge in [-0.3, -0.25) is 9.48 Å². The van der Waals surface area contributed by atoms with Gasteiger partial charge in [0.2, 0.25) is 0 Å². The summed E-state index contributed by atoms with van der Waals surface area (Å²) < 4.78 is 6.35. The average Bonchev–Trinajstić information content (AvgIpc) is 2.85. The molecule has 0 fully saturated rings. The maximum absolute atomic E-state index is 12.3. The molecule has 1 aliphatic rings. The minimum absolute atomic E-state index is 0.0515. The fourth-order valence-electron chi connectivity index (χ4n) is 1.79. The van der Waals surface area contributed by atoms with E-state index in [1.54, 1.807) is 13.2 Å². The number of hydrogen-bond donors (Lipinski definition) is 4. The molecule has 5 N–H and O–H groups in total. The van der Waals surface area contributed by atoms with Crippen LogP contribution in [0, 0.1) is 0 Å². The zero-order valence-electron chi connectivity index (χ0n) is 12.9. The predicted molar refractivity (Wildman–Crippen MR) is 84.8 cm³/mol. The maximum Gasteiger partial charge on any atom is 0.352 e. The lowest BCUT2D eigenvalue weighted by atomic mass is 10.1. The van der Waals surface area contributed by atoms with Crippen molar-refractivity contribution in [3.63, 3.8) is 0 Å². The molecule has 12 heteroatoms. The number of carbonyl (C=O) groups is 3. The van der Waals surface area contributed by atoms with Gasteiger partial charge in [0, 0.05) is 24.9 Å². The van der Waals surface area contributed by atoms with E-state index in [1.807, 2.05) is 0 Å². The Hall–Kier alpha value is -2.86. The van der Waals surface area contributed by atoms with Crippen LogP contribution in [0.15, 0.2) is 29.1 Å². The highest BCUT2D eigenvalue weighted by Gasteiger charge is 2.30. The molecule has 11 nitrogen and oxygen atoms in total. The average molecular weight is 369 g/mol. The summed E-state index contributed by atoms with van der Waals surface area (Å²) in [5.74, 6) is -3.35. The van der Waals surface area contributed by atoms with Crippen LogP contribution in [0.5, 0.6) is 0 Å². The Morgan fingerprint density at radius 3 is 2.76 bits per heavy atom. The van der Waals surface area contributed by atoms with Crippen LogP contribution in [0.4, 0.5) is 0 Å². The van der Waals surface area contributed by atoms with Gasteiger partial charge in [-0.15, -0.1) is 16.9 Å². The molecule has 1 aromatic rings. The Balaban J connectivity index is 2.25. The van der Waals surface area contributed by atoms with E-state index in [9.17, 15) is 14.4 Å². The quantitative estimate of drug-likeness (QED) is 0.451. The number of carboxylic acids is 2. The van der Waals surface area contributed by atoms with Crippen molar-refractivity contribution in [2.24, 2.45) is 12.8 Å². The predicted octanol–water partition coefficient (Wildman–Crippen LogP) is -1.04. The van der Waals surface area contributed by atoms with Gasteiger partial charge in [-0.05, 0) is 0 Å². The van der Waals surface area contributed by atoms with Crippen molar-refractivity contribution in [1.82, 2.24) is 20.3 Å². The van der Waals surface area contributed by atoms with Gasteiger partial charge >= 0.3 is 17.9 Å². The molecule has 2 atom stereocenters. The van der Waals surface area contributed by atoms with Crippen LogP contribution in [0.25, 0.3) is 0 Å². The topological polar surface area (TPSA) is 170 Å². The van der Waals surface area contributed by atoms with E-state index in [0.29, 0.717) is 5.69 Å². The van der Waals surface area contributed by atoms with Gasteiger partial charge in [0.15, 0.2) is 0 Å². The lowest BCUT2D eigenvalue weighted by molar-refractivity contribution is -0.145. The van der Waals surface area contributed by atoms with Crippen molar-refractivity contribution >= 4 is 29.7 Å². The molecule has 1 aliphatic heterocycles. The SMILES string of the molecule is Cn1cc(C2SC=C(C(=O)O)NC=C2C(=O)OC[C@H](N)C(=O)O)nn1. The lowest BCUT2D eigenvalue weighted by Gasteiger charge is -2.15. The molecule has 0 spiro atoms. The first kappa shape index (κ1) is 18.5. The molecule has 0 bridgehead atoms. The van der Waals surface area contributed by atoms with Crippen molar-refractivity contribution in [2.75, 3.05) is 6.61 Å². The number of aryl methyl sites for hydroxylation is 1. The number of nitrogens with two attached hydrogens (primary N) is 1. The van der Waals surface area contributed by atoms with Crippen molar-refractivity contribution in [3.05, 3.63) is 34.8 Å². The number of nitrogens with one attached hydrogen (secondary N) is 1. The van der Waals surface area contributed by atoms with Gasteiger partial charge in [0.05, 0.1) is 10.8 Å². The summed E-state index contributed by atoms with van der Waals surface area (Å²) in [5, 5.41) is 28.7. The van der Waals surface area contributed by atoms with Crippen LogP contribution < -0.4 is 11.1 Å². The molecule has 1 unspecified atom stereocenters. The standard InChI is InChI=1S/C13H15N5O6S/c1-18-3-8(16-17-18)10-6(2-15-9(5-25-10)12(21)22)13(23)24-4-7(14)11(19)20/h2-3,5,7,10,15H,4,14H2,1H3,(H,19,20)(H,21,22)/t7-,10?/m0/s1. The highest BCUT2D eigenvalue weighted by molar-refractivity contribution is 8.02. The fraction of sp³-hybridized carbons (Fsp3) is 0.308. The maximum atomic E-state index is 12.3. The largest absolute Gasteiger partial charge is 0.480 e. The molecule has 134 valence electrons. The van der Waals surface area contributed by atoms with E-state index >= 15 is 0 Å². The summed E-state index contributed by atoms with van der Waals surface area (Å²) in [5.41, 5.74) is 5.63. The van der Waals surface area contributed by atoms with Crippen LogP contribution in [0.2, 0.25) is 0 Å². The third-order valence-electron chi connectivity index (χ3n) is 3.05. The molecular formula is C13H15N5O6S. The molecule has 0 amide bonds. The first-order chi connectivity index (χ1) is 11.8. The number of carbonyl (C=O) groups excluding carboxylic acids is 1. The Kier molecular flexibility index (Phi) is 5.77.